The van der Waals surface area contributed by atoms with Gasteiger partial charge in [0, 0.05) is 50.9 Å². The zero-order valence-corrected chi connectivity index (χ0v) is 16.3. The normalized spacial score (nSPS) is 28.3. The number of carbonyl (C=O) groups is 2. The van der Waals surface area contributed by atoms with Crippen molar-refractivity contribution in [2.45, 2.75) is 31.4 Å². The summed E-state index contributed by atoms with van der Waals surface area (Å²) >= 11 is 0. The number of morpholine rings is 1. The zero-order chi connectivity index (χ0) is 19.3. The van der Waals surface area contributed by atoms with E-state index < -0.39 is 0 Å². The van der Waals surface area contributed by atoms with E-state index in [9.17, 15) is 9.59 Å². The second kappa shape index (κ2) is 6.95. The van der Waals surface area contributed by atoms with E-state index in [0.717, 1.165) is 38.5 Å². The molecule has 4 heterocycles. The fourth-order valence-corrected chi connectivity index (χ4v) is 4.79. The molecule has 2 atom stereocenters. The van der Waals surface area contributed by atoms with E-state index in [0.29, 0.717) is 19.0 Å². The number of hydrogen-bond donors (Lipinski definition) is 1. The lowest BCUT2D eigenvalue weighted by Crippen LogP contribution is -2.63. The minimum atomic E-state index is -0.0873. The van der Waals surface area contributed by atoms with Crippen molar-refractivity contribution in [3.63, 3.8) is 0 Å². The molecule has 4 saturated heterocycles. The van der Waals surface area contributed by atoms with E-state index in [1.165, 1.54) is 11.3 Å². The van der Waals surface area contributed by atoms with Gasteiger partial charge >= 0.3 is 6.03 Å². The quantitative estimate of drug-likeness (QED) is 0.834. The molecule has 0 aromatic heterocycles. The molecule has 0 saturated carbocycles. The molecule has 4 aliphatic rings. The Balaban J connectivity index is 1.13. The summed E-state index contributed by atoms with van der Waals surface area (Å²) in [5, 5.41) is 2.96. The van der Waals surface area contributed by atoms with Crippen LogP contribution in [0.3, 0.4) is 0 Å². The van der Waals surface area contributed by atoms with Gasteiger partial charge in [-0.1, -0.05) is 19.1 Å². The summed E-state index contributed by atoms with van der Waals surface area (Å²) in [4.78, 5) is 30.6. The molecule has 4 aliphatic heterocycles. The number of likely N-dealkylation sites (tertiary alicyclic amines) is 2. The summed E-state index contributed by atoms with van der Waals surface area (Å²) in [7, 11) is 0. The number of rotatable bonds is 2. The molecule has 7 heteroatoms. The van der Waals surface area contributed by atoms with E-state index in [2.05, 4.69) is 41.4 Å². The lowest BCUT2D eigenvalue weighted by atomic mass is 9.91. The van der Waals surface area contributed by atoms with Crippen LogP contribution in [0.15, 0.2) is 24.3 Å². The first kappa shape index (κ1) is 17.8. The van der Waals surface area contributed by atoms with Gasteiger partial charge in [0.25, 0.3) is 0 Å². The lowest BCUT2D eigenvalue weighted by molar-refractivity contribution is -0.139. The van der Waals surface area contributed by atoms with Crippen LogP contribution in [-0.2, 0) is 9.53 Å². The van der Waals surface area contributed by atoms with Crippen LogP contribution >= 0.6 is 0 Å². The fourth-order valence-electron chi connectivity index (χ4n) is 4.79. The number of urea groups is 1. The van der Waals surface area contributed by atoms with Crippen LogP contribution in [0.1, 0.15) is 24.8 Å². The smallest absolute Gasteiger partial charge is 0.320 e. The predicted molar refractivity (Wildman–Crippen MR) is 105 cm³/mol. The largest absolute Gasteiger partial charge is 0.371 e. The van der Waals surface area contributed by atoms with Crippen molar-refractivity contribution in [1.29, 1.82) is 0 Å². The summed E-state index contributed by atoms with van der Waals surface area (Å²) in [5.41, 5.74) is 2.61. The third-order valence-corrected chi connectivity index (χ3v) is 6.54. The van der Waals surface area contributed by atoms with E-state index >= 15 is 0 Å². The summed E-state index contributed by atoms with van der Waals surface area (Å²) in [5.74, 6) is 1.13. The topological polar surface area (TPSA) is 65.1 Å². The highest BCUT2D eigenvalue weighted by Gasteiger charge is 2.40. The maximum absolute atomic E-state index is 12.8. The van der Waals surface area contributed by atoms with Crippen LogP contribution in [0, 0.1) is 5.92 Å². The molecule has 5 rings (SSSR count). The number of anilines is 1. The maximum atomic E-state index is 12.8. The number of nitrogens with zero attached hydrogens (tertiary/aromatic N) is 3. The number of amides is 3. The average molecular weight is 384 g/mol. The fraction of sp³-hybridized carbons (Fsp3) is 0.619. The van der Waals surface area contributed by atoms with Gasteiger partial charge in [-0.05, 0) is 30.0 Å². The number of hydrogen-bond acceptors (Lipinski definition) is 4. The summed E-state index contributed by atoms with van der Waals surface area (Å²) in [6.07, 6.45) is 0.823. The van der Waals surface area contributed by atoms with Gasteiger partial charge in [-0.25, -0.2) is 4.79 Å². The lowest BCUT2D eigenvalue weighted by Gasteiger charge is -2.46. The van der Waals surface area contributed by atoms with Crippen LogP contribution < -0.4 is 10.2 Å². The summed E-state index contributed by atoms with van der Waals surface area (Å²) < 4.78 is 5.58. The number of carbonyl (C=O) groups excluding carboxylic acids is 2. The van der Waals surface area contributed by atoms with Crippen LogP contribution in [0.4, 0.5) is 10.5 Å². The standard InChI is InChI=1S/C21H28N4O3/c1-14-8-24(9-14)17-4-2-15(3-5-17)16-10-25(11-16)21(27)23-7-6-19-18(12-23)22-20(26)13-28-19/h2-5,14,16,18-19H,6-13H2,1H3,(H,22,26)/t18-,19+/m1/s1. The molecule has 7 nitrogen and oxygen atoms in total. The Morgan fingerprint density at radius 3 is 2.54 bits per heavy atom. The second-order valence-electron chi connectivity index (χ2n) is 8.74. The molecule has 0 unspecified atom stereocenters. The zero-order valence-electron chi connectivity index (χ0n) is 16.3. The van der Waals surface area contributed by atoms with Crippen LogP contribution in [0.25, 0.3) is 0 Å². The highest BCUT2D eigenvalue weighted by molar-refractivity contribution is 5.79. The Hall–Kier alpha value is -2.28. The van der Waals surface area contributed by atoms with Crippen LogP contribution in [-0.4, -0.2) is 79.8 Å². The van der Waals surface area contributed by atoms with E-state index in [-0.39, 0.29) is 30.7 Å². The minimum Gasteiger partial charge on any atom is -0.371 e. The SMILES string of the molecule is CC1CN(c2ccc(C3CN(C(=O)N4CC[C@@H]5OCC(=O)N[C@@H]5C4)C3)cc2)C1. The van der Waals surface area contributed by atoms with E-state index in [1.807, 2.05) is 9.80 Å². The van der Waals surface area contributed by atoms with Crippen molar-refractivity contribution in [3.8, 4) is 0 Å². The molecule has 0 radical (unpaired) electrons. The van der Waals surface area contributed by atoms with Crippen LogP contribution in [0.5, 0.6) is 0 Å². The highest BCUT2D eigenvalue weighted by Crippen LogP contribution is 2.31. The second-order valence-corrected chi connectivity index (χ2v) is 8.74. The average Bonchev–Trinajstić information content (AvgIpc) is 2.64. The highest BCUT2D eigenvalue weighted by atomic mass is 16.5. The Bertz CT molecular complexity index is 755. The van der Waals surface area contributed by atoms with Crippen molar-refractivity contribution in [2.75, 3.05) is 50.8 Å². The maximum Gasteiger partial charge on any atom is 0.320 e. The van der Waals surface area contributed by atoms with Gasteiger partial charge in [0.15, 0.2) is 0 Å². The van der Waals surface area contributed by atoms with Gasteiger partial charge in [0.05, 0.1) is 12.1 Å². The van der Waals surface area contributed by atoms with E-state index in [4.69, 9.17) is 4.74 Å². The first-order valence-electron chi connectivity index (χ1n) is 10.4. The first-order chi connectivity index (χ1) is 13.6. The Morgan fingerprint density at radius 1 is 1.07 bits per heavy atom. The molecular weight excluding hydrogens is 356 g/mol. The Kier molecular flexibility index (Phi) is 4.42. The van der Waals surface area contributed by atoms with Gasteiger partial charge in [0.1, 0.15) is 6.61 Å². The van der Waals surface area contributed by atoms with Crippen molar-refractivity contribution in [3.05, 3.63) is 29.8 Å². The molecule has 1 aromatic rings. The molecular formula is C21H28N4O3. The Labute approximate surface area is 165 Å². The molecule has 0 aliphatic carbocycles. The summed E-state index contributed by atoms with van der Waals surface area (Å²) in [6.45, 7) is 7.49. The molecule has 3 amide bonds. The Morgan fingerprint density at radius 2 is 1.82 bits per heavy atom. The molecule has 1 aromatic carbocycles. The van der Waals surface area contributed by atoms with Crippen molar-refractivity contribution in [2.24, 2.45) is 5.92 Å². The number of fused-ring (bicyclic) bond motifs is 1. The molecule has 0 bridgehead atoms. The van der Waals surface area contributed by atoms with Crippen LogP contribution in [0.2, 0.25) is 0 Å². The molecule has 0 spiro atoms. The third-order valence-electron chi connectivity index (χ3n) is 6.54. The number of nitrogens with one attached hydrogen (secondary N) is 1. The van der Waals surface area contributed by atoms with Crippen molar-refractivity contribution < 1.29 is 14.3 Å². The van der Waals surface area contributed by atoms with Gasteiger partial charge in [-0.2, -0.15) is 0 Å². The van der Waals surface area contributed by atoms with Gasteiger partial charge in [-0.3, -0.25) is 4.79 Å². The molecule has 1 N–H and O–H groups in total. The molecule has 28 heavy (non-hydrogen) atoms. The third kappa shape index (κ3) is 3.21. The molecule has 4 fully saturated rings. The minimum absolute atomic E-state index is 0.0406. The van der Waals surface area contributed by atoms with Crippen molar-refractivity contribution in [1.82, 2.24) is 15.1 Å². The predicted octanol–water partition coefficient (Wildman–Crippen LogP) is 1.25. The first-order valence-corrected chi connectivity index (χ1v) is 10.4. The van der Waals surface area contributed by atoms with Gasteiger partial charge in [0.2, 0.25) is 5.91 Å². The van der Waals surface area contributed by atoms with Gasteiger partial charge in [-0.15, -0.1) is 0 Å². The number of ether oxygens (including phenoxy) is 1. The van der Waals surface area contributed by atoms with Crippen molar-refractivity contribution >= 4 is 17.6 Å². The number of benzene rings is 1. The monoisotopic (exact) mass is 384 g/mol. The summed E-state index contributed by atoms with van der Waals surface area (Å²) in [6, 6.07) is 8.86. The van der Waals surface area contributed by atoms with E-state index in [1.54, 1.807) is 0 Å². The number of piperidine rings is 1. The molecule has 150 valence electrons. The van der Waals surface area contributed by atoms with Gasteiger partial charge < -0.3 is 24.8 Å².